The molecule has 0 unspecified atom stereocenters. The van der Waals surface area contributed by atoms with Crippen molar-refractivity contribution in [3.8, 4) is 0 Å². The van der Waals surface area contributed by atoms with Gasteiger partial charge < -0.3 is 5.32 Å². The highest BCUT2D eigenvalue weighted by Crippen LogP contribution is 2.29. The van der Waals surface area contributed by atoms with Crippen LogP contribution in [0.3, 0.4) is 0 Å². The summed E-state index contributed by atoms with van der Waals surface area (Å²) in [5.41, 5.74) is 2.50. The van der Waals surface area contributed by atoms with Crippen LogP contribution < -0.4 is 10.9 Å². The van der Waals surface area contributed by atoms with Gasteiger partial charge in [-0.05, 0) is 41.5 Å². The van der Waals surface area contributed by atoms with Crippen LogP contribution in [0.2, 0.25) is 0 Å². The molecule has 2 heterocycles. The highest BCUT2D eigenvalue weighted by molar-refractivity contribution is 7.99. The van der Waals surface area contributed by atoms with Gasteiger partial charge >= 0.3 is 0 Å². The SMILES string of the molecule is CC(C)CCn1c(=O)c2ccccc2n2c(SCC(=O)Nc3ccccc3C(C)(C)C)nnc12. The summed E-state index contributed by atoms with van der Waals surface area (Å²) in [5, 5.41) is 12.9. The normalized spacial score (nSPS) is 12.1. The Balaban J connectivity index is 1.64. The second-order valence-corrected chi connectivity index (χ2v) is 10.8. The molecule has 7 nitrogen and oxygen atoms in total. The van der Waals surface area contributed by atoms with Gasteiger partial charge in [-0.25, -0.2) is 0 Å². The summed E-state index contributed by atoms with van der Waals surface area (Å²) in [6, 6.07) is 15.3. The van der Waals surface area contributed by atoms with E-state index in [-0.39, 0.29) is 22.6 Å². The predicted molar refractivity (Wildman–Crippen MR) is 139 cm³/mol. The van der Waals surface area contributed by atoms with E-state index in [1.807, 2.05) is 52.9 Å². The quantitative estimate of drug-likeness (QED) is 0.374. The molecular weight excluding hydrogens is 446 g/mol. The van der Waals surface area contributed by atoms with Crippen LogP contribution >= 0.6 is 11.8 Å². The van der Waals surface area contributed by atoms with Crippen molar-refractivity contribution in [1.29, 1.82) is 0 Å². The number of hydrogen-bond acceptors (Lipinski definition) is 5. The van der Waals surface area contributed by atoms with Crippen LogP contribution in [0.5, 0.6) is 0 Å². The number of hydrogen-bond donors (Lipinski definition) is 1. The van der Waals surface area contributed by atoms with Crippen molar-refractivity contribution in [1.82, 2.24) is 19.2 Å². The van der Waals surface area contributed by atoms with Crippen molar-refractivity contribution in [3.05, 3.63) is 64.4 Å². The Bertz CT molecular complexity index is 1400. The first-order valence-corrected chi connectivity index (χ1v) is 12.5. The topological polar surface area (TPSA) is 81.3 Å². The molecule has 1 amide bonds. The van der Waals surface area contributed by atoms with Crippen molar-refractivity contribution in [2.45, 2.75) is 58.2 Å². The van der Waals surface area contributed by atoms with Gasteiger partial charge in [-0.1, -0.05) is 76.7 Å². The van der Waals surface area contributed by atoms with Gasteiger partial charge in [-0.15, -0.1) is 10.2 Å². The minimum Gasteiger partial charge on any atom is -0.325 e. The first-order chi connectivity index (χ1) is 16.2. The smallest absolute Gasteiger partial charge is 0.262 e. The molecule has 0 radical (unpaired) electrons. The predicted octanol–water partition coefficient (Wildman–Crippen LogP) is 5.12. The Labute approximate surface area is 203 Å². The van der Waals surface area contributed by atoms with Gasteiger partial charge in [0, 0.05) is 12.2 Å². The van der Waals surface area contributed by atoms with Crippen LogP contribution in [-0.4, -0.2) is 30.8 Å². The molecule has 0 spiro atoms. The molecule has 0 saturated carbocycles. The maximum absolute atomic E-state index is 13.2. The number of aromatic nitrogens is 4. The zero-order chi connectivity index (χ0) is 24.5. The first-order valence-electron chi connectivity index (χ1n) is 11.6. The lowest BCUT2D eigenvalue weighted by atomic mass is 9.86. The molecule has 178 valence electrons. The van der Waals surface area contributed by atoms with E-state index in [9.17, 15) is 9.59 Å². The molecular formula is C26H31N5O2S. The lowest BCUT2D eigenvalue weighted by Crippen LogP contribution is -2.24. The fraction of sp³-hybridized carbons (Fsp3) is 0.385. The van der Waals surface area contributed by atoms with Crippen LogP contribution in [0.25, 0.3) is 16.7 Å². The maximum atomic E-state index is 13.2. The number of thioether (sulfide) groups is 1. The largest absolute Gasteiger partial charge is 0.325 e. The van der Waals surface area contributed by atoms with Gasteiger partial charge in [0.05, 0.1) is 16.7 Å². The van der Waals surface area contributed by atoms with Crippen LogP contribution in [-0.2, 0) is 16.8 Å². The Morgan fingerprint density at radius 3 is 2.50 bits per heavy atom. The molecule has 0 aliphatic rings. The molecule has 2 aromatic carbocycles. The molecule has 4 rings (SSSR count). The van der Waals surface area contributed by atoms with Gasteiger partial charge in [0.2, 0.25) is 11.7 Å². The summed E-state index contributed by atoms with van der Waals surface area (Å²) in [4.78, 5) is 26.0. The Morgan fingerprint density at radius 1 is 1.06 bits per heavy atom. The number of amides is 1. The molecule has 0 saturated heterocycles. The number of fused-ring (bicyclic) bond motifs is 3. The van der Waals surface area contributed by atoms with Gasteiger partial charge in [-0.2, -0.15) is 0 Å². The molecule has 0 aliphatic carbocycles. The second kappa shape index (κ2) is 9.62. The van der Waals surface area contributed by atoms with Crippen LogP contribution in [0.1, 0.15) is 46.6 Å². The van der Waals surface area contributed by atoms with Crippen molar-refractivity contribution in [3.63, 3.8) is 0 Å². The van der Waals surface area contributed by atoms with Crippen LogP contribution in [0, 0.1) is 5.92 Å². The van der Waals surface area contributed by atoms with Crippen LogP contribution in [0.15, 0.2) is 58.5 Å². The molecule has 1 N–H and O–H groups in total. The lowest BCUT2D eigenvalue weighted by molar-refractivity contribution is -0.113. The Kier molecular flexibility index (Phi) is 6.79. The van der Waals surface area contributed by atoms with Crippen LogP contribution in [0.4, 0.5) is 5.69 Å². The number of carbonyl (C=O) groups is 1. The third-order valence-electron chi connectivity index (χ3n) is 5.75. The minimum absolute atomic E-state index is 0.0655. The van der Waals surface area contributed by atoms with Gasteiger partial charge in [0.25, 0.3) is 5.56 Å². The zero-order valence-corrected chi connectivity index (χ0v) is 21.1. The Morgan fingerprint density at radius 2 is 1.76 bits per heavy atom. The average Bonchev–Trinajstić information content (AvgIpc) is 3.21. The standard InChI is InChI=1S/C26H31N5O2S/c1-17(2)14-15-30-23(33)18-10-6-9-13-21(18)31-24(30)28-29-25(31)34-16-22(32)27-20-12-8-7-11-19(20)26(3,4)5/h6-13,17H,14-16H2,1-5H3,(H,27,32). The van der Waals surface area contributed by atoms with E-state index in [2.05, 4.69) is 50.1 Å². The van der Waals surface area contributed by atoms with E-state index in [1.165, 1.54) is 11.8 Å². The summed E-state index contributed by atoms with van der Waals surface area (Å²) >= 11 is 1.31. The summed E-state index contributed by atoms with van der Waals surface area (Å²) in [5.74, 6) is 1.02. The zero-order valence-electron chi connectivity index (χ0n) is 20.3. The van der Waals surface area contributed by atoms with E-state index in [4.69, 9.17) is 0 Å². The van der Waals surface area contributed by atoms with Crippen molar-refractivity contribution in [2.24, 2.45) is 5.92 Å². The molecule has 0 fully saturated rings. The fourth-order valence-corrected chi connectivity index (χ4v) is 4.72. The van der Waals surface area contributed by atoms with E-state index in [0.717, 1.165) is 23.2 Å². The highest BCUT2D eigenvalue weighted by Gasteiger charge is 2.20. The van der Waals surface area contributed by atoms with E-state index in [0.29, 0.717) is 28.8 Å². The lowest BCUT2D eigenvalue weighted by Gasteiger charge is -2.22. The van der Waals surface area contributed by atoms with Crippen molar-refractivity contribution >= 4 is 40.0 Å². The van der Waals surface area contributed by atoms with Gasteiger partial charge in [-0.3, -0.25) is 18.6 Å². The van der Waals surface area contributed by atoms with Gasteiger partial charge in [0.1, 0.15) is 0 Å². The number of aryl methyl sites for hydroxylation is 1. The molecule has 34 heavy (non-hydrogen) atoms. The molecule has 8 heteroatoms. The summed E-state index contributed by atoms with van der Waals surface area (Å²) < 4.78 is 3.58. The summed E-state index contributed by atoms with van der Waals surface area (Å²) in [6.07, 6.45) is 0.860. The summed E-state index contributed by atoms with van der Waals surface area (Å²) in [7, 11) is 0. The molecule has 4 aromatic rings. The Hall–Kier alpha value is -3.13. The molecule has 2 aromatic heterocycles. The second-order valence-electron chi connectivity index (χ2n) is 9.91. The number of anilines is 1. The van der Waals surface area contributed by atoms with Gasteiger partial charge in [0.15, 0.2) is 5.16 Å². The molecule has 0 atom stereocenters. The summed E-state index contributed by atoms with van der Waals surface area (Å²) in [6.45, 7) is 11.2. The number of nitrogens with one attached hydrogen (secondary N) is 1. The number of benzene rings is 2. The maximum Gasteiger partial charge on any atom is 0.262 e. The molecule has 0 aliphatic heterocycles. The minimum atomic E-state index is -0.115. The van der Waals surface area contributed by atoms with E-state index >= 15 is 0 Å². The molecule has 0 bridgehead atoms. The highest BCUT2D eigenvalue weighted by atomic mass is 32.2. The fourth-order valence-electron chi connectivity index (χ4n) is 3.98. The number of para-hydroxylation sites is 2. The van der Waals surface area contributed by atoms with E-state index in [1.54, 1.807) is 4.57 Å². The number of nitrogens with zero attached hydrogens (tertiary/aromatic N) is 4. The number of rotatable bonds is 7. The van der Waals surface area contributed by atoms with E-state index < -0.39 is 0 Å². The average molecular weight is 478 g/mol. The third kappa shape index (κ3) is 4.87. The first kappa shape index (κ1) is 24.0. The van der Waals surface area contributed by atoms with Crippen molar-refractivity contribution < 1.29 is 4.79 Å². The van der Waals surface area contributed by atoms with Crippen molar-refractivity contribution in [2.75, 3.05) is 11.1 Å². The third-order valence-corrected chi connectivity index (χ3v) is 6.68. The monoisotopic (exact) mass is 477 g/mol. The number of carbonyl (C=O) groups excluding carboxylic acids is 1.